The highest BCUT2D eigenvalue weighted by Crippen LogP contribution is 2.35. The molecule has 33 heavy (non-hydrogen) atoms. The first-order valence-corrected chi connectivity index (χ1v) is 10.1. The number of aromatic nitrogens is 4. The van der Waals surface area contributed by atoms with Gasteiger partial charge in [0.1, 0.15) is 17.5 Å². The molecule has 0 aliphatic carbocycles. The van der Waals surface area contributed by atoms with E-state index in [1.807, 2.05) is 44.2 Å². The number of pyridine rings is 1. The van der Waals surface area contributed by atoms with Crippen molar-refractivity contribution in [3.05, 3.63) is 65.6 Å². The summed E-state index contributed by atoms with van der Waals surface area (Å²) in [6, 6.07) is 10.4. The summed E-state index contributed by atoms with van der Waals surface area (Å²) in [4.78, 5) is 15.3. The van der Waals surface area contributed by atoms with Gasteiger partial charge < -0.3 is 15.0 Å². The molecule has 0 spiro atoms. The standard InChI is InChI=1S/C23H19F3N6O/c1-3-33-17-6-4-14(5-7-17)13(2)31-22-30-10-15(9-27)20(32-22)19-12-29-21-18(19)8-16(11-28-21)23(24,25)26/h4-8,10-13H,3H2,1-2H3,(H,28,29)(H,30,31,32). The largest absolute Gasteiger partial charge is 0.494 e. The Hall–Kier alpha value is -4.13. The minimum absolute atomic E-state index is 0.132. The number of benzene rings is 1. The molecule has 0 aliphatic rings. The summed E-state index contributed by atoms with van der Waals surface area (Å²) in [7, 11) is 0. The first kappa shape index (κ1) is 22.1. The summed E-state index contributed by atoms with van der Waals surface area (Å²) in [6.07, 6.45) is -0.950. The van der Waals surface area contributed by atoms with Crippen LogP contribution in [0.4, 0.5) is 19.1 Å². The van der Waals surface area contributed by atoms with E-state index < -0.39 is 11.7 Å². The number of nitrogens with zero attached hydrogens (tertiary/aromatic N) is 4. The molecular weight excluding hydrogens is 433 g/mol. The van der Waals surface area contributed by atoms with Gasteiger partial charge in [0, 0.05) is 23.3 Å². The van der Waals surface area contributed by atoms with Crippen molar-refractivity contribution >= 4 is 17.0 Å². The van der Waals surface area contributed by atoms with Crippen molar-refractivity contribution in [2.45, 2.75) is 26.1 Å². The van der Waals surface area contributed by atoms with E-state index in [4.69, 9.17) is 4.74 Å². The van der Waals surface area contributed by atoms with Crippen LogP contribution in [0.1, 0.15) is 36.6 Å². The van der Waals surface area contributed by atoms with Crippen molar-refractivity contribution < 1.29 is 17.9 Å². The third kappa shape index (κ3) is 4.57. The summed E-state index contributed by atoms with van der Waals surface area (Å²) in [5.74, 6) is 0.996. The Labute approximate surface area is 187 Å². The lowest BCUT2D eigenvalue weighted by atomic mass is 10.1. The van der Waals surface area contributed by atoms with Gasteiger partial charge in [0.15, 0.2) is 0 Å². The first-order chi connectivity index (χ1) is 15.8. The normalized spacial score (nSPS) is 12.4. The van der Waals surface area contributed by atoms with Gasteiger partial charge in [-0.15, -0.1) is 0 Å². The van der Waals surface area contributed by atoms with Crippen molar-refractivity contribution in [2.75, 3.05) is 11.9 Å². The van der Waals surface area contributed by atoms with Crippen LogP contribution in [0.15, 0.2) is 48.9 Å². The second-order valence-corrected chi connectivity index (χ2v) is 7.26. The highest BCUT2D eigenvalue weighted by Gasteiger charge is 2.31. The lowest BCUT2D eigenvalue weighted by Crippen LogP contribution is -2.10. The summed E-state index contributed by atoms with van der Waals surface area (Å²) < 4.78 is 45.0. The highest BCUT2D eigenvalue weighted by atomic mass is 19.4. The van der Waals surface area contributed by atoms with Gasteiger partial charge in [0.05, 0.1) is 35.7 Å². The van der Waals surface area contributed by atoms with Crippen LogP contribution in [0.2, 0.25) is 0 Å². The Balaban J connectivity index is 1.68. The number of aromatic amines is 1. The molecule has 4 aromatic rings. The number of ether oxygens (including phenoxy) is 1. The molecule has 0 amide bonds. The molecule has 4 rings (SSSR count). The zero-order valence-electron chi connectivity index (χ0n) is 17.7. The Morgan fingerprint density at radius 1 is 1.18 bits per heavy atom. The van der Waals surface area contributed by atoms with Crippen molar-refractivity contribution in [3.63, 3.8) is 0 Å². The fraction of sp³-hybridized carbons (Fsp3) is 0.217. The SMILES string of the molecule is CCOc1ccc(C(C)Nc2ncc(C#N)c(-c3c[nH]c4ncc(C(F)(F)F)cc34)n2)cc1. The van der Waals surface area contributed by atoms with Crippen molar-refractivity contribution in [2.24, 2.45) is 0 Å². The number of hydrogen-bond acceptors (Lipinski definition) is 6. The number of H-pyrrole nitrogens is 1. The lowest BCUT2D eigenvalue weighted by Gasteiger charge is -2.15. The topological polar surface area (TPSA) is 99.5 Å². The number of nitriles is 1. The van der Waals surface area contributed by atoms with Crippen molar-refractivity contribution in [3.8, 4) is 23.1 Å². The first-order valence-electron chi connectivity index (χ1n) is 10.1. The molecule has 0 fully saturated rings. The van der Waals surface area contributed by atoms with Gasteiger partial charge in [-0.05, 0) is 37.6 Å². The number of nitrogens with one attached hydrogen (secondary N) is 2. The van der Waals surface area contributed by atoms with Crippen molar-refractivity contribution in [1.82, 2.24) is 19.9 Å². The molecule has 3 heterocycles. The van der Waals surface area contributed by atoms with E-state index in [0.29, 0.717) is 12.2 Å². The number of hydrogen-bond donors (Lipinski definition) is 2. The van der Waals surface area contributed by atoms with Crippen LogP contribution in [0.3, 0.4) is 0 Å². The van der Waals surface area contributed by atoms with Crippen LogP contribution in [0.25, 0.3) is 22.3 Å². The van der Waals surface area contributed by atoms with Gasteiger partial charge in [-0.1, -0.05) is 12.1 Å². The molecule has 2 N–H and O–H groups in total. The molecule has 0 saturated heterocycles. The van der Waals surface area contributed by atoms with Gasteiger partial charge in [-0.3, -0.25) is 0 Å². The van der Waals surface area contributed by atoms with Crippen LogP contribution in [-0.2, 0) is 6.18 Å². The zero-order chi connectivity index (χ0) is 23.6. The Morgan fingerprint density at radius 3 is 2.61 bits per heavy atom. The summed E-state index contributed by atoms with van der Waals surface area (Å²) in [5, 5.41) is 12.9. The van der Waals surface area contributed by atoms with Crippen LogP contribution in [-0.4, -0.2) is 26.5 Å². The second kappa shape index (κ2) is 8.78. The van der Waals surface area contributed by atoms with Gasteiger partial charge in [-0.2, -0.15) is 18.4 Å². The van der Waals surface area contributed by atoms with Gasteiger partial charge >= 0.3 is 6.18 Å². The maximum absolute atomic E-state index is 13.2. The lowest BCUT2D eigenvalue weighted by molar-refractivity contribution is -0.137. The average molecular weight is 452 g/mol. The summed E-state index contributed by atoms with van der Waals surface area (Å²) >= 11 is 0. The number of fused-ring (bicyclic) bond motifs is 1. The van der Waals surface area contributed by atoms with Crippen LogP contribution >= 0.6 is 0 Å². The predicted molar refractivity (Wildman–Crippen MR) is 116 cm³/mol. The maximum atomic E-state index is 13.2. The Kier molecular flexibility index (Phi) is 5.87. The smallest absolute Gasteiger partial charge is 0.417 e. The molecule has 0 bridgehead atoms. The molecule has 168 valence electrons. The van der Waals surface area contributed by atoms with Gasteiger partial charge in [-0.25, -0.2) is 15.0 Å². The van der Waals surface area contributed by atoms with Crippen LogP contribution in [0.5, 0.6) is 5.75 Å². The molecule has 1 unspecified atom stereocenters. The number of anilines is 1. The highest BCUT2D eigenvalue weighted by molar-refractivity contribution is 5.94. The van der Waals surface area contributed by atoms with E-state index in [-0.39, 0.29) is 34.3 Å². The molecule has 1 atom stereocenters. The van der Waals surface area contributed by atoms with Gasteiger partial charge in [0.2, 0.25) is 5.95 Å². The van der Waals surface area contributed by atoms with E-state index in [2.05, 4.69) is 25.3 Å². The third-order valence-electron chi connectivity index (χ3n) is 5.06. The maximum Gasteiger partial charge on any atom is 0.417 e. The zero-order valence-corrected chi connectivity index (χ0v) is 17.7. The Morgan fingerprint density at radius 2 is 1.94 bits per heavy atom. The summed E-state index contributed by atoms with van der Waals surface area (Å²) in [6.45, 7) is 4.40. The molecule has 10 heteroatoms. The molecule has 1 aromatic carbocycles. The average Bonchev–Trinajstić information content (AvgIpc) is 3.22. The molecule has 7 nitrogen and oxygen atoms in total. The van der Waals surface area contributed by atoms with E-state index in [0.717, 1.165) is 23.6 Å². The number of alkyl halides is 3. The van der Waals surface area contributed by atoms with E-state index in [1.165, 1.54) is 12.4 Å². The number of rotatable bonds is 6. The van der Waals surface area contributed by atoms with E-state index in [9.17, 15) is 18.4 Å². The fourth-order valence-corrected chi connectivity index (χ4v) is 3.39. The van der Waals surface area contributed by atoms with E-state index >= 15 is 0 Å². The van der Waals surface area contributed by atoms with Crippen LogP contribution in [0, 0.1) is 11.3 Å². The fourth-order valence-electron chi connectivity index (χ4n) is 3.39. The molecule has 0 radical (unpaired) electrons. The van der Waals surface area contributed by atoms with Crippen LogP contribution < -0.4 is 10.1 Å². The monoisotopic (exact) mass is 452 g/mol. The molecular formula is C23H19F3N6O. The second-order valence-electron chi connectivity index (χ2n) is 7.26. The molecule has 0 aliphatic heterocycles. The van der Waals surface area contributed by atoms with Crippen molar-refractivity contribution in [1.29, 1.82) is 5.26 Å². The third-order valence-corrected chi connectivity index (χ3v) is 5.06. The summed E-state index contributed by atoms with van der Waals surface area (Å²) in [5.41, 5.74) is 1.01. The van der Waals surface area contributed by atoms with Gasteiger partial charge in [0.25, 0.3) is 0 Å². The molecule has 3 aromatic heterocycles. The number of halogens is 3. The van der Waals surface area contributed by atoms with E-state index in [1.54, 1.807) is 0 Å². The quantitative estimate of drug-likeness (QED) is 0.402. The Bertz CT molecular complexity index is 1330. The minimum Gasteiger partial charge on any atom is -0.494 e. The predicted octanol–water partition coefficient (Wildman–Crippen LogP) is 5.48. The minimum atomic E-state index is -4.54. The molecule has 0 saturated carbocycles.